The first-order valence-electron chi connectivity index (χ1n) is 11.9. The average Bonchev–Trinajstić information content (AvgIpc) is 3.22. The normalized spacial score (nSPS) is 19.6. The quantitative estimate of drug-likeness (QED) is 0.315. The average molecular weight is 458 g/mol. The highest BCUT2D eigenvalue weighted by Gasteiger charge is 2.51. The summed E-state index contributed by atoms with van der Waals surface area (Å²) in [5.74, 6) is -0.101. The Morgan fingerprint density at radius 2 is 1.15 bits per heavy atom. The molecule has 0 saturated carbocycles. The molecule has 2 aliphatic heterocycles. The Morgan fingerprint density at radius 1 is 0.697 bits per heavy atom. The third-order valence-corrected chi connectivity index (χ3v) is 10.4. The molecule has 5 rings (SSSR count). The number of likely N-dealkylation sites (tertiary alicyclic amines) is 1. The summed E-state index contributed by atoms with van der Waals surface area (Å²) in [5, 5.41) is 0. The third-order valence-electron chi connectivity index (χ3n) is 6.90. The van der Waals surface area contributed by atoms with E-state index in [1.54, 1.807) is 0 Å². The van der Waals surface area contributed by atoms with E-state index in [0.717, 1.165) is 56.8 Å². The van der Waals surface area contributed by atoms with E-state index in [1.165, 1.54) is 11.1 Å². The van der Waals surface area contributed by atoms with E-state index in [4.69, 9.17) is 0 Å². The zero-order valence-electron chi connectivity index (χ0n) is 19.1. The summed E-state index contributed by atoms with van der Waals surface area (Å²) < 4.78 is 20.0. The Hall–Kier alpha value is -2.81. The van der Waals surface area contributed by atoms with Gasteiger partial charge in [-0.3, -0.25) is 9.46 Å². The van der Waals surface area contributed by atoms with Crippen LogP contribution >= 0.6 is 7.44 Å². The molecule has 0 aromatic heterocycles. The van der Waals surface area contributed by atoms with Crippen molar-refractivity contribution in [1.82, 2.24) is 4.90 Å². The highest BCUT2D eigenvalue weighted by Crippen LogP contribution is 2.64. The fourth-order valence-electron chi connectivity index (χ4n) is 5.14. The van der Waals surface area contributed by atoms with Crippen molar-refractivity contribution in [2.75, 3.05) is 35.5 Å². The molecule has 2 fully saturated rings. The predicted octanol–water partition coefficient (Wildman–Crippen LogP) is 6.43. The van der Waals surface area contributed by atoms with Gasteiger partial charge in [0.2, 0.25) is 0 Å². The molecule has 5 heteroatoms. The Balaban J connectivity index is 1.62. The summed E-state index contributed by atoms with van der Waals surface area (Å²) in [5.41, 5.74) is 4.61. The minimum Gasteiger partial charge on any atom is -0.304 e. The maximum Gasteiger partial charge on any atom is 0.280 e. The lowest BCUT2D eigenvalue weighted by Gasteiger charge is -2.44. The van der Waals surface area contributed by atoms with Crippen LogP contribution in [0.3, 0.4) is 0 Å². The molecule has 2 saturated heterocycles. The van der Waals surface area contributed by atoms with Crippen molar-refractivity contribution in [2.45, 2.75) is 25.0 Å². The first-order valence-corrected chi connectivity index (χ1v) is 13.5. The van der Waals surface area contributed by atoms with Gasteiger partial charge < -0.3 is 9.34 Å². The monoisotopic (exact) mass is 457 g/mol. The minimum absolute atomic E-state index is 0.101. The van der Waals surface area contributed by atoms with Gasteiger partial charge in [0.1, 0.15) is 5.78 Å². The van der Waals surface area contributed by atoms with Gasteiger partial charge in [-0.2, -0.15) is 0 Å². The van der Waals surface area contributed by atoms with Gasteiger partial charge in [-0.05, 0) is 49.1 Å². The molecule has 3 aromatic rings. The Morgan fingerprint density at radius 3 is 1.64 bits per heavy atom. The minimum atomic E-state index is -3.04. The molecule has 0 bridgehead atoms. The van der Waals surface area contributed by atoms with Crippen LogP contribution in [0.1, 0.15) is 18.4 Å². The van der Waals surface area contributed by atoms with E-state index >= 15 is 4.57 Å². The van der Waals surface area contributed by atoms with Crippen LogP contribution in [0, 0.1) is 0 Å². The van der Waals surface area contributed by atoms with Crippen LogP contribution in [-0.2, 0) is 11.0 Å². The molecule has 0 radical (unpaired) electrons. The standard InChI is InChI=1S/C28H32N3OP/c1-24-17-19-29(20-18-24)28(23-25-11-5-2-6-12-25)33(32)30(26-13-7-3-8-14-26)21-22-31(33)27-15-9-4-10-16-27/h2-16,28H,1,17-23H2. The summed E-state index contributed by atoms with van der Waals surface area (Å²) >= 11 is 0. The van der Waals surface area contributed by atoms with Crippen molar-refractivity contribution < 1.29 is 4.57 Å². The number of rotatable bonds is 6. The highest BCUT2D eigenvalue weighted by atomic mass is 31.2. The SMILES string of the molecule is C=C1CCN(C(Cc2ccccc2)P2(=O)N(c3ccccc3)CCN2c2ccccc2)CC1. The van der Waals surface area contributed by atoms with Gasteiger partial charge in [-0.15, -0.1) is 0 Å². The van der Waals surface area contributed by atoms with Gasteiger partial charge >= 0.3 is 0 Å². The van der Waals surface area contributed by atoms with Crippen molar-refractivity contribution >= 4 is 18.8 Å². The second kappa shape index (κ2) is 9.59. The number of hydrogen-bond acceptors (Lipinski definition) is 2. The van der Waals surface area contributed by atoms with Gasteiger partial charge in [-0.25, -0.2) is 0 Å². The molecule has 170 valence electrons. The number of anilines is 2. The molecule has 0 spiro atoms. The smallest absolute Gasteiger partial charge is 0.280 e. The van der Waals surface area contributed by atoms with E-state index in [9.17, 15) is 0 Å². The summed E-state index contributed by atoms with van der Waals surface area (Å²) in [6, 6.07) is 31.2. The van der Waals surface area contributed by atoms with Gasteiger partial charge in [0, 0.05) is 37.6 Å². The lowest BCUT2D eigenvalue weighted by molar-refractivity contribution is 0.228. The summed E-state index contributed by atoms with van der Waals surface area (Å²) in [6.45, 7) is 7.54. The molecule has 0 N–H and O–H groups in total. The lowest BCUT2D eigenvalue weighted by Crippen LogP contribution is -2.45. The first kappa shape index (κ1) is 22.0. The van der Waals surface area contributed by atoms with E-state index < -0.39 is 7.44 Å². The largest absolute Gasteiger partial charge is 0.304 e. The van der Waals surface area contributed by atoms with Crippen LogP contribution in [0.25, 0.3) is 0 Å². The van der Waals surface area contributed by atoms with Crippen molar-refractivity contribution in [3.8, 4) is 0 Å². The molecular weight excluding hydrogens is 425 g/mol. The molecular formula is C28H32N3OP. The fourth-order valence-corrected chi connectivity index (χ4v) is 8.83. The molecule has 3 aromatic carbocycles. The lowest BCUT2D eigenvalue weighted by atomic mass is 10.0. The number of nitrogens with zero attached hydrogens (tertiary/aromatic N) is 3. The zero-order valence-corrected chi connectivity index (χ0v) is 20.0. The van der Waals surface area contributed by atoms with Crippen LogP contribution in [-0.4, -0.2) is 36.9 Å². The third kappa shape index (κ3) is 4.38. The van der Waals surface area contributed by atoms with E-state index in [0.29, 0.717) is 0 Å². The van der Waals surface area contributed by atoms with Gasteiger partial charge in [-0.1, -0.05) is 78.9 Å². The van der Waals surface area contributed by atoms with E-state index in [1.807, 2.05) is 42.5 Å². The van der Waals surface area contributed by atoms with Crippen LogP contribution in [0.2, 0.25) is 0 Å². The molecule has 2 aliphatic rings. The van der Waals surface area contributed by atoms with Gasteiger partial charge in [0.15, 0.2) is 0 Å². The predicted molar refractivity (Wildman–Crippen MR) is 139 cm³/mol. The highest BCUT2D eigenvalue weighted by molar-refractivity contribution is 7.68. The van der Waals surface area contributed by atoms with E-state index in [-0.39, 0.29) is 5.78 Å². The van der Waals surface area contributed by atoms with Crippen molar-refractivity contribution in [3.05, 3.63) is 109 Å². The fraction of sp³-hybridized carbons (Fsp3) is 0.286. The molecule has 1 atom stereocenters. The summed E-state index contributed by atoms with van der Waals surface area (Å²) in [6.07, 6.45) is 2.71. The van der Waals surface area contributed by atoms with Crippen LogP contribution in [0.4, 0.5) is 11.4 Å². The van der Waals surface area contributed by atoms with Gasteiger partial charge in [0.05, 0.1) is 0 Å². The van der Waals surface area contributed by atoms with Crippen molar-refractivity contribution in [2.24, 2.45) is 0 Å². The maximum absolute atomic E-state index is 15.5. The van der Waals surface area contributed by atoms with Crippen molar-refractivity contribution in [1.29, 1.82) is 0 Å². The van der Waals surface area contributed by atoms with Gasteiger partial charge in [0.25, 0.3) is 7.44 Å². The summed E-state index contributed by atoms with van der Waals surface area (Å²) in [7, 11) is -3.04. The molecule has 1 unspecified atom stereocenters. The second-order valence-corrected chi connectivity index (χ2v) is 11.7. The first-order chi connectivity index (χ1) is 16.2. The van der Waals surface area contributed by atoms with Crippen LogP contribution < -0.4 is 9.34 Å². The Bertz CT molecular complexity index is 1060. The molecule has 4 nitrogen and oxygen atoms in total. The number of hydrogen-bond donors (Lipinski definition) is 0. The second-order valence-electron chi connectivity index (χ2n) is 8.96. The molecule has 33 heavy (non-hydrogen) atoms. The molecule has 0 amide bonds. The Kier molecular flexibility index (Phi) is 6.39. The topological polar surface area (TPSA) is 26.8 Å². The van der Waals surface area contributed by atoms with Crippen molar-refractivity contribution in [3.63, 3.8) is 0 Å². The number of piperidine rings is 1. The Labute approximate surface area is 197 Å². The number of benzene rings is 3. The van der Waals surface area contributed by atoms with Crippen LogP contribution in [0.15, 0.2) is 103 Å². The van der Waals surface area contributed by atoms with Crippen LogP contribution in [0.5, 0.6) is 0 Å². The zero-order chi connectivity index (χ0) is 22.7. The number of para-hydroxylation sites is 2. The molecule has 0 aliphatic carbocycles. The molecule has 2 heterocycles. The summed E-state index contributed by atoms with van der Waals surface area (Å²) in [4.78, 5) is 2.47. The van der Waals surface area contributed by atoms with E-state index in [2.05, 4.69) is 69.4 Å². The maximum atomic E-state index is 15.5.